The fourth-order valence-electron chi connectivity index (χ4n) is 2.11. The van der Waals surface area contributed by atoms with E-state index in [1.807, 2.05) is 0 Å². The van der Waals surface area contributed by atoms with E-state index in [4.69, 9.17) is 4.74 Å². The number of thioether (sulfide) groups is 1. The number of benzene rings is 1. The Morgan fingerprint density at radius 3 is 2.44 bits per heavy atom. The summed E-state index contributed by atoms with van der Waals surface area (Å²) in [5.74, 6) is 0. The average molecular weight is 267 g/mol. The molecule has 0 aliphatic heterocycles. The third kappa shape index (κ3) is 5.01. The maximum atomic E-state index is 5.26. The SMILES string of the molecule is CCCC(COC)NC(C)c1ccc(SC)cc1. The van der Waals surface area contributed by atoms with Gasteiger partial charge in [0.25, 0.3) is 0 Å². The summed E-state index contributed by atoms with van der Waals surface area (Å²) < 4.78 is 5.26. The Hall–Kier alpha value is -0.510. The predicted molar refractivity (Wildman–Crippen MR) is 80.3 cm³/mol. The smallest absolute Gasteiger partial charge is 0.0616 e. The van der Waals surface area contributed by atoms with Gasteiger partial charge >= 0.3 is 0 Å². The van der Waals surface area contributed by atoms with Crippen LogP contribution in [0.15, 0.2) is 29.2 Å². The van der Waals surface area contributed by atoms with Gasteiger partial charge in [-0.05, 0) is 37.3 Å². The second-order valence-corrected chi connectivity index (χ2v) is 5.48. The molecule has 0 aromatic heterocycles. The molecule has 3 heteroatoms. The topological polar surface area (TPSA) is 21.3 Å². The van der Waals surface area contributed by atoms with E-state index in [9.17, 15) is 0 Å². The summed E-state index contributed by atoms with van der Waals surface area (Å²) in [6.45, 7) is 5.20. The monoisotopic (exact) mass is 267 g/mol. The minimum Gasteiger partial charge on any atom is -0.383 e. The molecule has 0 saturated carbocycles. The zero-order valence-corrected chi connectivity index (χ0v) is 12.7. The largest absolute Gasteiger partial charge is 0.383 e. The van der Waals surface area contributed by atoms with Crippen molar-refractivity contribution < 1.29 is 4.74 Å². The number of methoxy groups -OCH3 is 1. The lowest BCUT2D eigenvalue weighted by atomic mass is 10.1. The van der Waals surface area contributed by atoms with Crippen LogP contribution in [0.4, 0.5) is 0 Å². The zero-order chi connectivity index (χ0) is 13.4. The zero-order valence-electron chi connectivity index (χ0n) is 11.9. The van der Waals surface area contributed by atoms with Gasteiger partial charge in [0, 0.05) is 24.1 Å². The maximum Gasteiger partial charge on any atom is 0.0616 e. The van der Waals surface area contributed by atoms with Crippen LogP contribution in [0.5, 0.6) is 0 Å². The first kappa shape index (κ1) is 15.5. The number of hydrogen-bond donors (Lipinski definition) is 1. The molecule has 1 aromatic rings. The van der Waals surface area contributed by atoms with Gasteiger partial charge in [0.2, 0.25) is 0 Å². The molecule has 0 bridgehead atoms. The minimum absolute atomic E-state index is 0.368. The Labute approximate surface area is 116 Å². The highest BCUT2D eigenvalue weighted by Gasteiger charge is 2.12. The van der Waals surface area contributed by atoms with Crippen LogP contribution < -0.4 is 5.32 Å². The Bertz CT molecular complexity index is 320. The van der Waals surface area contributed by atoms with Crippen molar-refractivity contribution in [2.24, 2.45) is 0 Å². The molecule has 0 saturated heterocycles. The van der Waals surface area contributed by atoms with E-state index >= 15 is 0 Å². The van der Waals surface area contributed by atoms with Crippen LogP contribution in [-0.2, 0) is 4.74 Å². The third-order valence-electron chi connectivity index (χ3n) is 3.11. The molecule has 2 nitrogen and oxygen atoms in total. The molecule has 0 aliphatic rings. The summed E-state index contributed by atoms with van der Waals surface area (Å²) in [5, 5.41) is 3.64. The summed E-state index contributed by atoms with van der Waals surface area (Å²) in [4.78, 5) is 1.31. The molecule has 2 atom stereocenters. The molecule has 0 fully saturated rings. The predicted octanol–water partition coefficient (Wildman–Crippen LogP) is 3.87. The summed E-state index contributed by atoms with van der Waals surface area (Å²) in [6, 6.07) is 9.59. The molecule has 2 unspecified atom stereocenters. The summed E-state index contributed by atoms with van der Waals surface area (Å²) >= 11 is 1.78. The van der Waals surface area contributed by atoms with Crippen LogP contribution in [0.1, 0.15) is 38.3 Å². The van der Waals surface area contributed by atoms with E-state index in [-0.39, 0.29) is 0 Å². The van der Waals surface area contributed by atoms with Crippen molar-refractivity contribution in [2.45, 2.75) is 43.7 Å². The van der Waals surface area contributed by atoms with Gasteiger partial charge in [-0.2, -0.15) is 0 Å². The van der Waals surface area contributed by atoms with Gasteiger partial charge in [-0.3, -0.25) is 0 Å². The summed E-state index contributed by atoms with van der Waals surface area (Å²) in [5.41, 5.74) is 1.34. The van der Waals surface area contributed by atoms with E-state index in [0.29, 0.717) is 12.1 Å². The van der Waals surface area contributed by atoms with E-state index in [2.05, 4.69) is 49.7 Å². The van der Waals surface area contributed by atoms with Crippen molar-refractivity contribution >= 4 is 11.8 Å². The fraction of sp³-hybridized carbons (Fsp3) is 0.600. The van der Waals surface area contributed by atoms with E-state index in [1.165, 1.54) is 16.9 Å². The van der Waals surface area contributed by atoms with Gasteiger partial charge < -0.3 is 10.1 Å². The van der Waals surface area contributed by atoms with Crippen molar-refractivity contribution in [1.82, 2.24) is 5.32 Å². The molecule has 1 aromatic carbocycles. The normalized spacial score (nSPS) is 14.4. The number of nitrogens with one attached hydrogen (secondary N) is 1. The van der Waals surface area contributed by atoms with Crippen molar-refractivity contribution in [1.29, 1.82) is 0 Å². The van der Waals surface area contributed by atoms with Crippen LogP contribution in [0.3, 0.4) is 0 Å². The van der Waals surface area contributed by atoms with Gasteiger partial charge in [-0.15, -0.1) is 11.8 Å². The molecular formula is C15H25NOS. The van der Waals surface area contributed by atoms with Gasteiger partial charge in [0.15, 0.2) is 0 Å². The molecule has 0 amide bonds. The summed E-state index contributed by atoms with van der Waals surface area (Å²) in [6.07, 6.45) is 4.44. The lowest BCUT2D eigenvalue weighted by molar-refractivity contribution is 0.157. The van der Waals surface area contributed by atoms with Crippen LogP contribution in [0, 0.1) is 0 Å². The number of hydrogen-bond acceptors (Lipinski definition) is 3. The fourth-order valence-corrected chi connectivity index (χ4v) is 2.52. The molecule has 18 heavy (non-hydrogen) atoms. The Morgan fingerprint density at radius 1 is 1.28 bits per heavy atom. The van der Waals surface area contributed by atoms with E-state index in [1.54, 1.807) is 18.9 Å². The molecule has 0 heterocycles. The van der Waals surface area contributed by atoms with Gasteiger partial charge in [0.05, 0.1) is 6.61 Å². The molecule has 1 rings (SSSR count). The Balaban J connectivity index is 2.58. The molecule has 0 spiro atoms. The quantitative estimate of drug-likeness (QED) is 0.722. The lowest BCUT2D eigenvalue weighted by Gasteiger charge is -2.23. The molecule has 102 valence electrons. The first-order valence-electron chi connectivity index (χ1n) is 6.60. The van der Waals surface area contributed by atoms with Crippen LogP contribution >= 0.6 is 11.8 Å². The van der Waals surface area contributed by atoms with Crippen LogP contribution in [0.25, 0.3) is 0 Å². The molecule has 0 aliphatic carbocycles. The Morgan fingerprint density at radius 2 is 1.94 bits per heavy atom. The van der Waals surface area contributed by atoms with Crippen molar-refractivity contribution in [3.63, 3.8) is 0 Å². The average Bonchev–Trinajstić information content (AvgIpc) is 2.39. The lowest BCUT2D eigenvalue weighted by Crippen LogP contribution is -2.35. The first-order valence-corrected chi connectivity index (χ1v) is 7.82. The van der Waals surface area contributed by atoms with E-state index in [0.717, 1.165) is 13.0 Å². The third-order valence-corrected chi connectivity index (χ3v) is 3.85. The molecule has 0 radical (unpaired) electrons. The van der Waals surface area contributed by atoms with E-state index < -0.39 is 0 Å². The van der Waals surface area contributed by atoms with Crippen LogP contribution in [-0.4, -0.2) is 26.0 Å². The highest BCUT2D eigenvalue weighted by molar-refractivity contribution is 7.98. The number of ether oxygens (including phenoxy) is 1. The first-order chi connectivity index (χ1) is 8.71. The minimum atomic E-state index is 0.368. The maximum absolute atomic E-state index is 5.26. The second-order valence-electron chi connectivity index (χ2n) is 4.60. The van der Waals surface area contributed by atoms with Crippen molar-refractivity contribution in [3.05, 3.63) is 29.8 Å². The van der Waals surface area contributed by atoms with Crippen LogP contribution in [0.2, 0.25) is 0 Å². The highest BCUT2D eigenvalue weighted by atomic mass is 32.2. The molecular weight excluding hydrogens is 242 g/mol. The van der Waals surface area contributed by atoms with Gasteiger partial charge in [0.1, 0.15) is 0 Å². The standard InChI is InChI=1S/C15H25NOS/c1-5-6-14(11-17-3)16-12(2)13-7-9-15(18-4)10-8-13/h7-10,12,14,16H,5-6,11H2,1-4H3. The second kappa shape index (κ2) is 8.57. The highest BCUT2D eigenvalue weighted by Crippen LogP contribution is 2.19. The van der Waals surface area contributed by atoms with Crippen molar-refractivity contribution in [3.8, 4) is 0 Å². The molecule has 1 N–H and O–H groups in total. The van der Waals surface area contributed by atoms with Gasteiger partial charge in [-0.1, -0.05) is 25.5 Å². The Kier molecular flexibility index (Phi) is 7.40. The summed E-state index contributed by atoms with van der Waals surface area (Å²) in [7, 11) is 1.77. The van der Waals surface area contributed by atoms with Gasteiger partial charge in [-0.25, -0.2) is 0 Å². The number of rotatable bonds is 8. The van der Waals surface area contributed by atoms with Crippen molar-refractivity contribution in [2.75, 3.05) is 20.0 Å².